The van der Waals surface area contributed by atoms with Crippen molar-refractivity contribution in [1.82, 2.24) is 4.98 Å². The first kappa shape index (κ1) is 14.3. The number of nitro groups is 1. The highest BCUT2D eigenvalue weighted by Crippen LogP contribution is 2.35. The fourth-order valence-electron chi connectivity index (χ4n) is 1.86. The Hall–Kier alpha value is -2.14. The number of rotatable bonds is 4. The van der Waals surface area contributed by atoms with Crippen molar-refractivity contribution >= 4 is 17.3 Å². The number of nitrogens with zero attached hydrogens (tertiary/aromatic N) is 2. The van der Waals surface area contributed by atoms with Gasteiger partial charge in [0.25, 0.3) is 0 Å². The molecule has 0 N–H and O–H groups in total. The Kier molecular flexibility index (Phi) is 4.20. The third-order valence-electron chi connectivity index (χ3n) is 2.75. The van der Waals surface area contributed by atoms with Gasteiger partial charge in [0.2, 0.25) is 11.6 Å². The number of aryl methyl sites for hydroxylation is 2. The second-order valence-electron chi connectivity index (χ2n) is 4.43. The topological polar surface area (TPSA) is 65.3 Å². The van der Waals surface area contributed by atoms with Gasteiger partial charge in [-0.25, -0.2) is 4.98 Å². The molecule has 0 aliphatic carbocycles. The highest BCUT2D eigenvalue weighted by atomic mass is 35.5. The van der Waals surface area contributed by atoms with Crippen LogP contribution in [0.5, 0.6) is 11.6 Å². The van der Waals surface area contributed by atoms with Crippen LogP contribution in [0.25, 0.3) is 0 Å². The summed E-state index contributed by atoms with van der Waals surface area (Å²) < 4.78 is 5.56. The van der Waals surface area contributed by atoms with Gasteiger partial charge in [-0.3, -0.25) is 10.1 Å². The van der Waals surface area contributed by atoms with E-state index >= 15 is 0 Å². The maximum atomic E-state index is 11.1. The van der Waals surface area contributed by atoms with Gasteiger partial charge in [-0.2, -0.15) is 0 Å². The lowest BCUT2D eigenvalue weighted by molar-refractivity contribution is -0.385. The van der Waals surface area contributed by atoms with E-state index in [-0.39, 0.29) is 11.4 Å². The van der Waals surface area contributed by atoms with Crippen molar-refractivity contribution in [3.8, 4) is 11.6 Å². The van der Waals surface area contributed by atoms with Gasteiger partial charge in [0.1, 0.15) is 0 Å². The van der Waals surface area contributed by atoms with Gasteiger partial charge in [0, 0.05) is 24.2 Å². The normalized spacial score (nSPS) is 10.3. The van der Waals surface area contributed by atoms with Gasteiger partial charge < -0.3 is 4.74 Å². The van der Waals surface area contributed by atoms with E-state index in [4.69, 9.17) is 16.3 Å². The first-order chi connectivity index (χ1) is 9.51. The maximum Gasteiger partial charge on any atom is 0.312 e. The Balaban J connectivity index is 2.39. The summed E-state index contributed by atoms with van der Waals surface area (Å²) in [4.78, 5) is 14.7. The quantitative estimate of drug-likeness (QED) is 0.482. The first-order valence-electron chi connectivity index (χ1n) is 5.95. The lowest BCUT2D eigenvalue weighted by Crippen LogP contribution is -1.98. The van der Waals surface area contributed by atoms with Crippen LogP contribution in [0.15, 0.2) is 30.5 Å². The van der Waals surface area contributed by atoms with E-state index in [2.05, 4.69) is 4.98 Å². The molecule has 0 unspecified atom stereocenters. The summed E-state index contributed by atoms with van der Waals surface area (Å²) in [5, 5.41) is 11.1. The summed E-state index contributed by atoms with van der Waals surface area (Å²) in [6.07, 6.45) is 1.58. The van der Waals surface area contributed by atoms with E-state index in [0.29, 0.717) is 17.3 Å². The third-order valence-corrected chi connectivity index (χ3v) is 3.06. The monoisotopic (exact) mass is 292 g/mol. The van der Waals surface area contributed by atoms with Crippen molar-refractivity contribution in [1.29, 1.82) is 0 Å². The SMILES string of the molecule is Cc1cc(C)c(Oc2ccc(CCl)cn2)c([N+](=O)[O-])c1. The van der Waals surface area contributed by atoms with Crippen molar-refractivity contribution in [2.24, 2.45) is 0 Å². The van der Waals surface area contributed by atoms with Crippen LogP contribution in [-0.2, 0) is 5.88 Å². The number of halogens is 1. The van der Waals surface area contributed by atoms with Crippen molar-refractivity contribution in [3.63, 3.8) is 0 Å². The molecule has 0 aliphatic heterocycles. The Morgan fingerprint density at radius 1 is 1.35 bits per heavy atom. The predicted octanol–water partition coefficient (Wildman–Crippen LogP) is 4.14. The van der Waals surface area contributed by atoms with E-state index in [1.165, 1.54) is 6.07 Å². The molecule has 6 heteroatoms. The van der Waals surface area contributed by atoms with Gasteiger partial charge in [0.05, 0.1) is 4.92 Å². The van der Waals surface area contributed by atoms with Crippen LogP contribution >= 0.6 is 11.6 Å². The smallest absolute Gasteiger partial charge is 0.312 e. The lowest BCUT2D eigenvalue weighted by Gasteiger charge is -2.09. The number of nitro benzene ring substituents is 1. The summed E-state index contributed by atoms with van der Waals surface area (Å²) in [7, 11) is 0. The highest BCUT2D eigenvalue weighted by molar-refractivity contribution is 6.17. The van der Waals surface area contributed by atoms with Crippen molar-refractivity contribution in [2.75, 3.05) is 0 Å². The zero-order chi connectivity index (χ0) is 14.7. The molecule has 0 fully saturated rings. The van der Waals surface area contributed by atoms with E-state index < -0.39 is 4.92 Å². The number of ether oxygens (including phenoxy) is 1. The minimum atomic E-state index is -0.456. The van der Waals surface area contributed by atoms with E-state index in [9.17, 15) is 10.1 Å². The summed E-state index contributed by atoms with van der Waals surface area (Å²) >= 11 is 5.68. The van der Waals surface area contributed by atoms with Crippen LogP contribution in [-0.4, -0.2) is 9.91 Å². The summed E-state index contributed by atoms with van der Waals surface area (Å²) in [6, 6.07) is 6.72. The molecule has 1 aromatic heterocycles. The molecule has 0 aliphatic rings. The van der Waals surface area contributed by atoms with E-state index in [1.54, 1.807) is 32.2 Å². The Bertz CT molecular complexity index is 642. The molecule has 0 saturated carbocycles. The first-order valence-corrected chi connectivity index (χ1v) is 6.49. The van der Waals surface area contributed by atoms with Gasteiger partial charge in [0.15, 0.2) is 0 Å². The molecule has 5 nitrogen and oxygen atoms in total. The van der Waals surface area contributed by atoms with Crippen molar-refractivity contribution < 1.29 is 9.66 Å². The van der Waals surface area contributed by atoms with Gasteiger partial charge >= 0.3 is 5.69 Å². The molecule has 0 bridgehead atoms. The van der Waals surface area contributed by atoms with Gasteiger partial charge in [-0.1, -0.05) is 12.1 Å². The standard InChI is InChI=1S/C14H13ClN2O3/c1-9-5-10(2)14(12(6-9)17(18)19)20-13-4-3-11(7-15)8-16-13/h3-6,8H,7H2,1-2H3. The second-order valence-corrected chi connectivity index (χ2v) is 4.69. The zero-order valence-corrected chi connectivity index (χ0v) is 11.8. The lowest BCUT2D eigenvalue weighted by atomic mass is 10.1. The van der Waals surface area contributed by atoms with Crippen LogP contribution in [0.4, 0.5) is 5.69 Å². The number of benzene rings is 1. The number of alkyl halides is 1. The summed E-state index contributed by atoms with van der Waals surface area (Å²) in [5.74, 6) is 0.873. The fourth-order valence-corrected chi connectivity index (χ4v) is 2.01. The Labute approximate surface area is 121 Å². The van der Waals surface area contributed by atoms with Gasteiger partial charge in [-0.05, 0) is 30.5 Å². The molecule has 1 heterocycles. The number of aromatic nitrogens is 1. The van der Waals surface area contributed by atoms with Crippen LogP contribution in [0.1, 0.15) is 16.7 Å². The molecule has 104 valence electrons. The molecule has 0 radical (unpaired) electrons. The number of hydrogen-bond donors (Lipinski definition) is 0. The molecule has 2 rings (SSSR count). The van der Waals surface area contributed by atoms with Crippen LogP contribution in [0.3, 0.4) is 0 Å². The zero-order valence-electron chi connectivity index (χ0n) is 11.1. The summed E-state index contributed by atoms with van der Waals surface area (Å²) in [6.45, 7) is 3.57. The average molecular weight is 293 g/mol. The minimum absolute atomic E-state index is 0.0641. The van der Waals surface area contributed by atoms with Crippen LogP contribution in [0.2, 0.25) is 0 Å². The molecule has 1 aromatic carbocycles. The van der Waals surface area contributed by atoms with Crippen LogP contribution < -0.4 is 4.74 Å². The molecule has 2 aromatic rings. The molecule has 0 spiro atoms. The van der Waals surface area contributed by atoms with Crippen molar-refractivity contribution in [3.05, 3.63) is 57.3 Å². The predicted molar refractivity (Wildman–Crippen MR) is 76.4 cm³/mol. The molecule has 0 saturated heterocycles. The van der Waals surface area contributed by atoms with Gasteiger partial charge in [-0.15, -0.1) is 11.6 Å². The Morgan fingerprint density at radius 2 is 2.10 bits per heavy atom. The third kappa shape index (κ3) is 3.05. The molecular weight excluding hydrogens is 280 g/mol. The van der Waals surface area contributed by atoms with E-state index in [0.717, 1.165) is 11.1 Å². The number of pyridine rings is 1. The highest BCUT2D eigenvalue weighted by Gasteiger charge is 2.19. The maximum absolute atomic E-state index is 11.1. The second kappa shape index (κ2) is 5.88. The molecule has 0 atom stereocenters. The summed E-state index contributed by atoms with van der Waals surface area (Å²) in [5.41, 5.74) is 2.30. The Morgan fingerprint density at radius 3 is 2.65 bits per heavy atom. The molecule has 0 amide bonds. The molecule has 20 heavy (non-hydrogen) atoms. The average Bonchev–Trinajstić information content (AvgIpc) is 2.42. The fraction of sp³-hybridized carbons (Fsp3) is 0.214. The number of hydrogen-bond acceptors (Lipinski definition) is 4. The van der Waals surface area contributed by atoms with Crippen molar-refractivity contribution in [2.45, 2.75) is 19.7 Å². The largest absolute Gasteiger partial charge is 0.432 e. The minimum Gasteiger partial charge on any atom is -0.432 e. The van der Waals surface area contributed by atoms with Crippen LogP contribution in [0, 0.1) is 24.0 Å². The molecular formula is C14H13ClN2O3. The van der Waals surface area contributed by atoms with E-state index in [1.807, 2.05) is 6.07 Å².